The molecule has 2 N–H and O–H groups in total. The van der Waals surface area contributed by atoms with Gasteiger partial charge in [0.25, 0.3) is 0 Å². The molecule has 1 aromatic carbocycles. The molecule has 116 valence electrons. The number of nitrogens with zero attached hydrogens (tertiary/aromatic N) is 1. The standard InChI is InChI=1S/C16H23FN2O2/c1-20-14-6-2-4-11(16(14)17)8-13(18)15-9-19-7-3-5-12(19)10-21-15/h2,4,6,12-13,15H,3,5,7-10,18H2,1H3. The van der Waals surface area contributed by atoms with E-state index in [1.807, 2.05) is 0 Å². The predicted molar refractivity (Wildman–Crippen MR) is 79.0 cm³/mol. The van der Waals surface area contributed by atoms with Crippen LogP contribution in [0, 0.1) is 5.82 Å². The first-order valence-corrected chi connectivity index (χ1v) is 7.61. The molecule has 3 atom stereocenters. The lowest BCUT2D eigenvalue weighted by molar-refractivity contribution is -0.0590. The van der Waals surface area contributed by atoms with Gasteiger partial charge in [0.2, 0.25) is 0 Å². The molecule has 21 heavy (non-hydrogen) atoms. The zero-order valence-corrected chi connectivity index (χ0v) is 12.4. The predicted octanol–water partition coefficient (Wildman–Crippen LogP) is 1.57. The number of methoxy groups -OCH3 is 1. The van der Waals surface area contributed by atoms with Crippen LogP contribution in [0.4, 0.5) is 4.39 Å². The van der Waals surface area contributed by atoms with E-state index in [0.717, 1.165) is 19.7 Å². The molecule has 2 aliphatic rings. The van der Waals surface area contributed by atoms with Crippen LogP contribution in [-0.2, 0) is 11.2 Å². The number of hydrogen-bond donors (Lipinski definition) is 1. The molecule has 1 aromatic rings. The molecule has 0 amide bonds. The van der Waals surface area contributed by atoms with Crippen LogP contribution in [0.3, 0.4) is 0 Å². The van der Waals surface area contributed by atoms with Gasteiger partial charge in [-0.2, -0.15) is 0 Å². The highest BCUT2D eigenvalue weighted by Crippen LogP contribution is 2.25. The third-order valence-electron chi connectivity index (χ3n) is 4.61. The van der Waals surface area contributed by atoms with Gasteiger partial charge in [-0.05, 0) is 37.4 Å². The number of fused-ring (bicyclic) bond motifs is 1. The summed E-state index contributed by atoms with van der Waals surface area (Å²) in [4.78, 5) is 2.45. The van der Waals surface area contributed by atoms with Gasteiger partial charge >= 0.3 is 0 Å². The number of hydrogen-bond acceptors (Lipinski definition) is 4. The van der Waals surface area contributed by atoms with Gasteiger partial charge < -0.3 is 15.2 Å². The van der Waals surface area contributed by atoms with Crippen molar-refractivity contribution in [3.8, 4) is 5.75 Å². The Labute approximate surface area is 125 Å². The minimum atomic E-state index is -0.315. The lowest BCUT2D eigenvalue weighted by atomic mass is 9.99. The fourth-order valence-corrected chi connectivity index (χ4v) is 3.36. The molecule has 0 saturated carbocycles. The second-order valence-electron chi connectivity index (χ2n) is 5.96. The van der Waals surface area contributed by atoms with E-state index in [0.29, 0.717) is 18.0 Å². The van der Waals surface area contributed by atoms with Crippen molar-refractivity contribution in [2.75, 3.05) is 26.8 Å². The van der Waals surface area contributed by atoms with Crippen molar-refractivity contribution in [1.82, 2.24) is 4.90 Å². The van der Waals surface area contributed by atoms with E-state index in [1.165, 1.54) is 20.0 Å². The number of ether oxygens (including phenoxy) is 2. The summed E-state index contributed by atoms with van der Waals surface area (Å²) in [5, 5.41) is 0. The SMILES string of the molecule is COc1cccc(CC(N)C2CN3CCCC3CO2)c1F. The van der Waals surface area contributed by atoms with Crippen molar-refractivity contribution in [2.45, 2.75) is 37.5 Å². The van der Waals surface area contributed by atoms with Gasteiger partial charge in [0.1, 0.15) is 0 Å². The molecule has 3 unspecified atom stereocenters. The van der Waals surface area contributed by atoms with Crippen molar-refractivity contribution >= 4 is 0 Å². The maximum atomic E-state index is 14.2. The first-order valence-electron chi connectivity index (χ1n) is 7.61. The summed E-state index contributed by atoms with van der Waals surface area (Å²) in [6.07, 6.45) is 2.89. The van der Waals surface area contributed by atoms with Crippen molar-refractivity contribution in [3.05, 3.63) is 29.6 Å². The summed E-state index contributed by atoms with van der Waals surface area (Å²) >= 11 is 0. The molecule has 2 saturated heterocycles. The number of halogens is 1. The van der Waals surface area contributed by atoms with Crippen LogP contribution in [0.2, 0.25) is 0 Å². The average Bonchev–Trinajstić information content (AvgIpc) is 2.96. The van der Waals surface area contributed by atoms with Crippen molar-refractivity contribution in [1.29, 1.82) is 0 Å². The van der Waals surface area contributed by atoms with Crippen LogP contribution in [0.25, 0.3) is 0 Å². The monoisotopic (exact) mass is 294 g/mol. The van der Waals surface area contributed by atoms with Crippen LogP contribution >= 0.6 is 0 Å². The fraction of sp³-hybridized carbons (Fsp3) is 0.625. The van der Waals surface area contributed by atoms with Gasteiger partial charge in [0, 0.05) is 18.6 Å². The fourth-order valence-electron chi connectivity index (χ4n) is 3.36. The molecular formula is C16H23FN2O2. The molecule has 0 aliphatic carbocycles. The summed E-state index contributed by atoms with van der Waals surface area (Å²) in [6.45, 7) is 2.74. The van der Waals surface area contributed by atoms with E-state index in [-0.39, 0.29) is 23.7 Å². The Hall–Kier alpha value is -1.17. The van der Waals surface area contributed by atoms with Gasteiger partial charge in [-0.15, -0.1) is 0 Å². The molecule has 2 aliphatic heterocycles. The Morgan fingerprint density at radius 3 is 3.19 bits per heavy atom. The number of rotatable bonds is 4. The third-order valence-corrected chi connectivity index (χ3v) is 4.61. The Kier molecular flexibility index (Phi) is 4.42. The first kappa shape index (κ1) is 14.8. The molecule has 4 nitrogen and oxygen atoms in total. The molecule has 0 radical (unpaired) electrons. The van der Waals surface area contributed by atoms with Crippen molar-refractivity contribution < 1.29 is 13.9 Å². The second-order valence-corrected chi connectivity index (χ2v) is 5.96. The third kappa shape index (κ3) is 3.05. The van der Waals surface area contributed by atoms with Crippen LogP contribution < -0.4 is 10.5 Å². The maximum Gasteiger partial charge on any atom is 0.168 e. The van der Waals surface area contributed by atoms with Crippen molar-refractivity contribution in [2.24, 2.45) is 5.73 Å². The molecule has 0 bridgehead atoms. The second kappa shape index (κ2) is 6.30. The van der Waals surface area contributed by atoms with Crippen LogP contribution in [0.1, 0.15) is 18.4 Å². The summed E-state index contributed by atoms with van der Waals surface area (Å²) in [7, 11) is 1.47. The zero-order valence-electron chi connectivity index (χ0n) is 12.4. The lowest BCUT2D eigenvalue weighted by Crippen LogP contribution is -2.53. The number of morpholine rings is 1. The average molecular weight is 294 g/mol. The quantitative estimate of drug-likeness (QED) is 0.915. The lowest BCUT2D eigenvalue weighted by Gasteiger charge is -2.37. The topological polar surface area (TPSA) is 47.7 Å². The van der Waals surface area contributed by atoms with Crippen molar-refractivity contribution in [3.63, 3.8) is 0 Å². The van der Waals surface area contributed by atoms with Gasteiger partial charge in [-0.25, -0.2) is 4.39 Å². The van der Waals surface area contributed by atoms with Gasteiger partial charge in [0.05, 0.1) is 19.8 Å². The first-order chi connectivity index (χ1) is 10.2. The van der Waals surface area contributed by atoms with E-state index in [1.54, 1.807) is 18.2 Å². The van der Waals surface area contributed by atoms with Gasteiger partial charge in [-0.1, -0.05) is 12.1 Å². The highest BCUT2D eigenvalue weighted by atomic mass is 19.1. The minimum Gasteiger partial charge on any atom is -0.494 e. The highest BCUT2D eigenvalue weighted by molar-refractivity contribution is 5.31. The summed E-state index contributed by atoms with van der Waals surface area (Å²) in [6, 6.07) is 5.53. The Morgan fingerprint density at radius 2 is 2.38 bits per heavy atom. The molecule has 0 aromatic heterocycles. The van der Waals surface area contributed by atoms with E-state index in [4.69, 9.17) is 15.2 Å². The molecule has 3 rings (SSSR count). The van der Waals surface area contributed by atoms with Gasteiger partial charge in [0.15, 0.2) is 11.6 Å². The minimum absolute atomic E-state index is 0.0232. The number of nitrogens with two attached hydrogens (primary N) is 1. The molecular weight excluding hydrogens is 271 g/mol. The van der Waals surface area contributed by atoms with E-state index >= 15 is 0 Å². The summed E-state index contributed by atoms with van der Waals surface area (Å²) in [5.41, 5.74) is 6.86. The molecule has 2 heterocycles. The largest absolute Gasteiger partial charge is 0.494 e. The Balaban J connectivity index is 1.65. The highest BCUT2D eigenvalue weighted by Gasteiger charge is 2.34. The zero-order chi connectivity index (χ0) is 14.8. The van der Waals surface area contributed by atoms with E-state index in [2.05, 4.69) is 4.90 Å². The van der Waals surface area contributed by atoms with E-state index in [9.17, 15) is 4.39 Å². The summed E-state index contributed by atoms with van der Waals surface area (Å²) in [5.74, 6) is -0.0471. The van der Waals surface area contributed by atoms with Crippen LogP contribution in [-0.4, -0.2) is 49.9 Å². The normalized spacial score (nSPS) is 27.4. The number of benzene rings is 1. The smallest absolute Gasteiger partial charge is 0.168 e. The molecule has 0 spiro atoms. The Morgan fingerprint density at radius 1 is 1.52 bits per heavy atom. The Bertz CT molecular complexity index is 497. The van der Waals surface area contributed by atoms with Gasteiger partial charge in [-0.3, -0.25) is 4.90 Å². The molecule has 5 heteroatoms. The molecule has 2 fully saturated rings. The summed E-state index contributed by atoms with van der Waals surface area (Å²) < 4.78 is 25.1. The van der Waals surface area contributed by atoms with Crippen LogP contribution in [0.5, 0.6) is 5.75 Å². The van der Waals surface area contributed by atoms with E-state index < -0.39 is 0 Å². The van der Waals surface area contributed by atoms with Crippen LogP contribution in [0.15, 0.2) is 18.2 Å². The maximum absolute atomic E-state index is 14.2.